The predicted molar refractivity (Wildman–Crippen MR) is 235 cm³/mol. The number of allylic oxidation sites excluding steroid dienone is 8. The maximum Gasteiger partial charge on any atom is 0.373 e. The van der Waals surface area contributed by atoms with Crippen molar-refractivity contribution < 1.29 is 68.4 Å². The van der Waals surface area contributed by atoms with Gasteiger partial charge in [-0.2, -0.15) is 0 Å². The van der Waals surface area contributed by atoms with Crippen molar-refractivity contribution in [1.82, 2.24) is 5.32 Å². The monoisotopic (exact) mass is 885 g/mol. The van der Waals surface area contributed by atoms with Crippen molar-refractivity contribution in [3.8, 4) is 0 Å². The Morgan fingerprint density at radius 1 is 1.06 bits per heavy atom. The number of aliphatic hydroxyl groups excluding tert-OH is 4. The zero-order valence-electron chi connectivity index (χ0n) is 38.6. The topological polar surface area (TPSA) is 228 Å². The summed E-state index contributed by atoms with van der Waals surface area (Å²) in [4.78, 5) is 51.4. The van der Waals surface area contributed by atoms with Crippen LogP contribution < -0.4 is 5.32 Å². The minimum absolute atomic E-state index is 0.0618. The van der Waals surface area contributed by atoms with Gasteiger partial charge in [0.2, 0.25) is 11.7 Å². The number of ketones is 1. The summed E-state index contributed by atoms with van der Waals surface area (Å²) in [6.45, 7) is 16.1. The Bertz CT molecular complexity index is 1830. The van der Waals surface area contributed by atoms with Crippen LogP contribution in [0.2, 0.25) is 0 Å². The molecule has 0 spiro atoms. The average Bonchev–Trinajstić information content (AvgIpc) is 3.55. The number of carbonyl (C=O) groups excluding carboxylic acids is 4. The van der Waals surface area contributed by atoms with Crippen LogP contribution in [0, 0.1) is 35.5 Å². The molecule has 1 fully saturated rings. The molecule has 6 N–H and O–H groups in total. The SMILES string of the molecule is C/C=C\[C@H]1O[C@@](O)([C@@H](C)[C@H](O)[C@H](C)[C@@H]2OC(=O)C(OC)=CC(C)=C[C@@H](C)[C@@H](O)[C@@H](CC)[C@@H](O)[C@H](C)CC(C)=CC=C[C@@H]2OC)C[C@@H](OC(=O)/C=C/C(=O)NC2=C(O)CCC2=O)[C@@H]1C. The summed E-state index contributed by atoms with van der Waals surface area (Å²) in [6, 6.07) is 0. The summed E-state index contributed by atoms with van der Waals surface area (Å²) in [5.74, 6) is -8.99. The van der Waals surface area contributed by atoms with E-state index in [0.29, 0.717) is 18.4 Å². The Kier molecular flexibility index (Phi) is 20.2. The lowest BCUT2D eigenvalue weighted by molar-refractivity contribution is -0.314. The molecule has 1 saturated heterocycles. The standard InChI is InChI=1S/C48H71NO14/c1-12-15-36-30(7)39(61-41(53)21-20-40(52)49-42-34(50)18-19-35(42)51)25-48(58,63-36)32(9)45(56)31(8)46-37(59-10)17-14-16-26(3)22-28(5)43(54)33(13-2)44(55)29(6)23-27(4)24-38(60-11)47(57)62-46/h12,14-17,20-21,23-24,28-33,36-37,39,43-46,50,54-56,58H,13,18-19,22,25H2,1-11H3,(H,49,52)/b15-12-,17-14?,21-20+,26-16?,27-23?,38-24?/t28-,29-,30-,31+,32+,33+,36-,37+,39-,43+,44-,45-,46+,48-/m1/s1. The number of cyclic esters (lactones) is 1. The van der Waals surface area contributed by atoms with E-state index in [-0.39, 0.29) is 48.3 Å². The number of hydrogen-bond donors (Lipinski definition) is 6. The van der Waals surface area contributed by atoms with Gasteiger partial charge in [-0.15, -0.1) is 0 Å². The minimum Gasteiger partial charge on any atom is -0.510 e. The lowest BCUT2D eigenvalue weighted by Gasteiger charge is -2.48. The molecule has 2 aliphatic heterocycles. The molecule has 15 heteroatoms. The number of rotatable bonds is 12. The lowest BCUT2D eigenvalue weighted by atomic mass is 9.77. The van der Waals surface area contributed by atoms with E-state index in [2.05, 4.69) is 5.32 Å². The van der Waals surface area contributed by atoms with E-state index in [1.54, 1.807) is 65.0 Å². The van der Waals surface area contributed by atoms with Crippen molar-refractivity contribution in [3.05, 3.63) is 83.0 Å². The summed E-state index contributed by atoms with van der Waals surface area (Å²) in [5, 5.41) is 59.2. The van der Waals surface area contributed by atoms with Crippen molar-refractivity contribution in [1.29, 1.82) is 0 Å². The third kappa shape index (κ3) is 14.1. The first-order valence-corrected chi connectivity index (χ1v) is 21.9. The third-order valence-electron chi connectivity index (χ3n) is 12.6. The van der Waals surface area contributed by atoms with Crippen molar-refractivity contribution in [2.45, 2.75) is 143 Å². The second kappa shape index (κ2) is 24.1. The zero-order valence-corrected chi connectivity index (χ0v) is 38.6. The average molecular weight is 886 g/mol. The Balaban J connectivity index is 1.97. The Labute approximate surface area is 372 Å². The molecular formula is C48H71NO14. The molecule has 0 unspecified atom stereocenters. The van der Waals surface area contributed by atoms with Gasteiger partial charge in [-0.05, 0) is 45.6 Å². The fraction of sp³-hybridized carbons (Fsp3) is 0.625. The molecule has 14 atom stereocenters. The number of hydrogen-bond acceptors (Lipinski definition) is 14. The van der Waals surface area contributed by atoms with Gasteiger partial charge in [0.15, 0.2) is 11.6 Å². The Morgan fingerprint density at radius 3 is 2.33 bits per heavy atom. The Hall–Kier alpha value is -4.38. The largest absolute Gasteiger partial charge is 0.510 e. The van der Waals surface area contributed by atoms with Gasteiger partial charge in [0.05, 0.1) is 31.5 Å². The highest BCUT2D eigenvalue weighted by molar-refractivity contribution is 6.04. The molecule has 1 aliphatic carbocycles. The molecule has 0 radical (unpaired) electrons. The van der Waals surface area contributed by atoms with Gasteiger partial charge in [-0.1, -0.05) is 89.1 Å². The fourth-order valence-corrected chi connectivity index (χ4v) is 8.59. The zero-order chi connectivity index (χ0) is 47.3. The first kappa shape index (κ1) is 53.0. The minimum atomic E-state index is -2.10. The van der Waals surface area contributed by atoms with E-state index in [1.807, 2.05) is 33.8 Å². The van der Waals surface area contributed by atoms with Crippen LogP contribution in [0.1, 0.15) is 94.4 Å². The molecule has 0 saturated carbocycles. The third-order valence-corrected chi connectivity index (χ3v) is 12.6. The van der Waals surface area contributed by atoms with Gasteiger partial charge in [0, 0.05) is 68.1 Å². The molecule has 0 aromatic heterocycles. The van der Waals surface area contributed by atoms with Crippen molar-refractivity contribution in [2.75, 3.05) is 14.2 Å². The van der Waals surface area contributed by atoms with Gasteiger partial charge in [-0.3, -0.25) is 9.59 Å². The molecule has 3 aliphatic rings. The van der Waals surface area contributed by atoms with Gasteiger partial charge in [0.1, 0.15) is 29.8 Å². The van der Waals surface area contributed by atoms with Gasteiger partial charge in [0.25, 0.3) is 0 Å². The first-order valence-electron chi connectivity index (χ1n) is 21.9. The van der Waals surface area contributed by atoms with Gasteiger partial charge in [-0.25, -0.2) is 9.59 Å². The highest BCUT2D eigenvalue weighted by Crippen LogP contribution is 2.41. The summed E-state index contributed by atoms with van der Waals surface area (Å²) in [5.41, 5.74) is 1.32. The number of carbonyl (C=O) groups is 4. The highest BCUT2D eigenvalue weighted by atomic mass is 16.6. The van der Waals surface area contributed by atoms with Crippen molar-refractivity contribution in [2.24, 2.45) is 35.5 Å². The first-order chi connectivity index (χ1) is 29.6. The second-order valence-corrected chi connectivity index (χ2v) is 17.4. The smallest absolute Gasteiger partial charge is 0.373 e. The molecule has 0 aromatic carbocycles. The summed E-state index contributed by atoms with van der Waals surface area (Å²) < 4.78 is 29.5. The molecule has 3 rings (SSSR count). The number of amides is 1. The van der Waals surface area contributed by atoms with E-state index in [4.69, 9.17) is 23.7 Å². The van der Waals surface area contributed by atoms with Crippen molar-refractivity contribution >= 4 is 23.6 Å². The molecule has 15 nitrogen and oxygen atoms in total. The maximum absolute atomic E-state index is 13.9. The van der Waals surface area contributed by atoms with Gasteiger partial charge < -0.3 is 54.5 Å². The van der Waals surface area contributed by atoms with Crippen LogP contribution in [0.15, 0.2) is 83.0 Å². The van der Waals surface area contributed by atoms with Gasteiger partial charge >= 0.3 is 11.9 Å². The second-order valence-electron chi connectivity index (χ2n) is 17.4. The van der Waals surface area contributed by atoms with Crippen LogP contribution in [0.25, 0.3) is 0 Å². The summed E-state index contributed by atoms with van der Waals surface area (Å²) in [6.07, 6.45) is 7.80. The Morgan fingerprint density at radius 2 is 1.75 bits per heavy atom. The summed E-state index contributed by atoms with van der Waals surface area (Å²) in [7, 11) is 2.75. The maximum atomic E-state index is 13.9. The molecule has 352 valence electrons. The van der Waals surface area contributed by atoms with Crippen LogP contribution in [0.3, 0.4) is 0 Å². The number of Topliss-reactive ketones (excluding diaryl/α,β-unsaturated/α-hetero) is 1. The lowest BCUT2D eigenvalue weighted by Crippen LogP contribution is -2.58. The molecule has 0 bridgehead atoms. The normalized spacial score (nSPS) is 33.4. The van der Waals surface area contributed by atoms with Crippen LogP contribution in [0.4, 0.5) is 0 Å². The molecule has 1 amide bonds. The predicted octanol–water partition coefficient (Wildman–Crippen LogP) is 5.36. The number of methoxy groups -OCH3 is 2. The van der Waals surface area contributed by atoms with E-state index in [1.165, 1.54) is 20.3 Å². The number of ether oxygens (including phenoxy) is 5. The highest BCUT2D eigenvalue weighted by Gasteiger charge is 2.52. The number of nitrogens with one attached hydrogen (secondary N) is 1. The van der Waals surface area contributed by atoms with E-state index in [9.17, 15) is 44.7 Å². The van der Waals surface area contributed by atoms with Crippen LogP contribution in [-0.4, -0.2) is 112 Å². The molecule has 2 heterocycles. The molecule has 0 aromatic rings. The van der Waals surface area contributed by atoms with E-state index >= 15 is 0 Å². The van der Waals surface area contributed by atoms with E-state index in [0.717, 1.165) is 17.7 Å². The number of esters is 2. The summed E-state index contributed by atoms with van der Waals surface area (Å²) >= 11 is 0. The quantitative estimate of drug-likeness (QED) is 0.0825. The van der Waals surface area contributed by atoms with Crippen LogP contribution in [-0.2, 0) is 42.9 Å². The van der Waals surface area contributed by atoms with Crippen molar-refractivity contribution in [3.63, 3.8) is 0 Å². The number of aliphatic hydroxyl groups is 5. The van der Waals surface area contributed by atoms with Crippen LogP contribution >= 0.6 is 0 Å². The van der Waals surface area contributed by atoms with Crippen LogP contribution in [0.5, 0.6) is 0 Å². The fourth-order valence-electron chi connectivity index (χ4n) is 8.59. The van der Waals surface area contributed by atoms with E-state index < -0.39 is 95.8 Å². The molecule has 63 heavy (non-hydrogen) atoms. The molecular weight excluding hydrogens is 815 g/mol.